The van der Waals surface area contributed by atoms with E-state index in [0.717, 1.165) is 37.9 Å². The van der Waals surface area contributed by atoms with Gasteiger partial charge in [0.1, 0.15) is 5.41 Å². The van der Waals surface area contributed by atoms with Gasteiger partial charge in [0.15, 0.2) is 0 Å². The maximum absolute atomic E-state index is 14.3. The molecule has 0 radical (unpaired) electrons. The van der Waals surface area contributed by atoms with Crippen LogP contribution in [0, 0.1) is 23.7 Å². The van der Waals surface area contributed by atoms with E-state index in [0.29, 0.717) is 23.9 Å². The molecule has 0 bridgehead atoms. The number of carbonyl (C=O) groups is 1. The lowest BCUT2D eigenvalue weighted by atomic mass is 9.86. The number of nitrogens with one attached hydrogen (secondary N) is 1. The summed E-state index contributed by atoms with van der Waals surface area (Å²) in [7, 11) is 2.28. The summed E-state index contributed by atoms with van der Waals surface area (Å²) in [5, 5.41) is 1.86. The highest BCUT2D eigenvalue weighted by Gasteiger charge is 2.60. The van der Waals surface area contributed by atoms with Gasteiger partial charge in [-0.1, -0.05) is 40.4 Å². The van der Waals surface area contributed by atoms with Crippen molar-refractivity contribution < 1.29 is 9.18 Å². The molecule has 4 aliphatic rings. The minimum atomic E-state index is -1.41. The molecule has 5 rings (SSSR count). The van der Waals surface area contributed by atoms with E-state index >= 15 is 0 Å². The van der Waals surface area contributed by atoms with Gasteiger partial charge in [-0.15, -0.1) is 0 Å². The summed E-state index contributed by atoms with van der Waals surface area (Å²) in [6.45, 7) is 6.88. The largest absolute Gasteiger partial charge is 0.355 e. The fourth-order valence-electron chi connectivity index (χ4n) is 6.10. The zero-order chi connectivity index (χ0) is 21.1. The van der Waals surface area contributed by atoms with E-state index in [1.165, 1.54) is 31.2 Å². The van der Waals surface area contributed by atoms with Crippen LogP contribution in [0.4, 0.5) is 4.39 Å². The van der Waals surface area contributed by atoms with Gasteiger partial charge in [0.05, 0.1) is 0 Å². The number of benzene rings is 1. The molecule has 3 nitrogen and oxygen atoms in total. The van der Waals surface area contributed by atoms with Gasteiger partial charge >= 0.3 is 0 Å². The Morgan fingerprint density at radius 2 is 1.90 bits per heavy atom. The molecule has 4 fully saturated rings. The Hall–Kier alpha value is -0.990. The maximum Gasteiger partial charge on any atom is 0.223 e. The van der Waals surface area contributed by atoms with Gasteiger partial charge in [-0.3, -0.25) is 9.69 Å². The lowest BCUT2D eigenvalue weighted by Gasteiger charge is -2.34. The van der Waals surface area contributed by atoms with Crippen molar-refractivity contribution in [1.29, 1.82) is 0 Å². The predicted octanol–water partition coefficient (Wildman–Crippen LogP) is 4.61. The highest BCUT2D eigenvalue weighted by atomic mass is 31.0. The van der Waals surface area contributed by atoms with Crippen molar-refractivity contribution in [3.63, 3.8) is 0 Å². The van der Waals surface area contributed by atoms with E-state index < -0.39 is 5.41 Å². The van der Waals surface area contributed by atoms with Gasteiger partial charge in [0, 0.05) is 37.0 Å². The second-order valence-corrected chi connectivity index (χ2v) is 12.0. The van der Waals surface area contributed by atoms with Crippen molar-refractivity contribution in [2.45, 2.75) is 69.2 Å². The summed E-state index contributed by atoms with van der Waals surface area (Å²) in [5.41, 5.74) is 1.87. The first kappa shape index (κ1) is 20.9. The fraction of sp³-hybridized carbons (Fsp3) is 0.720. The van der Waals surface area contributed by atoms with E-state index in [-0.39, 0.29) is 17.2 Å². The molecule has 4 unspecified atom stereocenters. The molecular formula is C25H36FN2OP. The summed E-state index contributed by atoms with van der Waals surface area (Å²) in [6.07, 6.45) is 7.55. The van der Waals surface area contributed by atoms with Gasteiger partial charge in [0.25, 0.3) is 0 Å². The number of piperidine rings is 1. The molecule has 1 aliphatic heterocycles. The number of amides is 1. The first-order valence-electron chi connectivity index (χ1n) is 11.9. The number of alkyl halides is 1. The fourth-order valence-corrected chi connectivity index (χ4v) is 6.28. The van der Waals surface area contributed by atoms with Crippen molar-refractivity contribution in [2.75, 3.05) is 19.6 Å². The Balaban J connectivity index is 1.13. The van der Waals surface area contributed by atoms with Crippen molar-refractivity contribution >= 4 is 15.1 Å². The van der Waals surface area contributed by atoms with Gasteiger partial charge in [-0.2, -0.15) is 0 Å². The van der Waals surface area contributed by atoms with Gasteiger partial charge in [0.2, 0.25) is 5.91 Å². The van der Waals surface area contributed by atoms with Gasteiger partial charge in [-0.25, -0.2) is 4.39 Å². The average molecular weight is 431 g/mol. The molecule has 5 heteroatoms. The Morgan fingerprint density at radius 1 is 1.23 bits per heavy atom. The Morgan fingerprint density at radius 3 is 2.50 bits per heavy atom. The molecule has 3 aliphatic carbocycles. The summed E-state index contributed by atoms with van der Waals surface area (Å²) in [4.78, 5) is 15.6. The van der Waals surface area contributed by atoms with Crippen LogP contribution in [0.25, 0.3) is 0 Å². The van der Waals surface area contributed by atoms with Crippen LogP contribution in [-0.4, -0.2) is 36.5 Å². The van der Waals surface area contributed by atoms with E-state index in [4.69, 9.17) is 0 Å². The third kappa shape index (κ3) is 3.95. The number of nitrogens with zero attached hydrogens (tertiary/aromatic N) is 1. The Kier molecular flexibility index (Phi) is 5.26. The third-order valence-electron chi connectivity index (χ3n) is 8.52. The number of likely N-dealkylation sites (tertiary alicyclic amines) is 1. The van der Waals surface area contributed by atoms with Crippen LogP contribution < -0.4 is 5.32 Å². The zero-order valence-electron chi connectivity index (χ0n) is 18.4. The van der Waals surface area contributed by atoms with Crippen LogP contribution in [0.5, 0.6) is 0 Å². The number of rotatable bonds is 6. The molecular weight excluding hydrogens is 394 g/mol. The molecule has 30 heavy (non-hydrogen) atoms. The van der Waals surface area contributed by atoms with Gasteiger partial charge < -0.3 is 5.32 Å². The van der Waals surface area contributed by atoms with Crippen LogP contribution in [0.15, 0.2) is 24.3 Å². The third-order valence-corrected chi connectivity index (χ3v) is 8.85. The zero-order valence-corrected chi connectivity index (χ0v) is 19.5. The molecule has 1 amide bonds. The van der Waals surface area contributed by atoms with Crippen LogP contribution in [-0.2, 0) is 15.6 Å². The molecule has 0 aromatic heterocycles. The summed E-state index contributed by atoms with van der Waals surface area (Å²) < 4.78 is 14.3. The minimum absolute atomic E-state index is 0.0103. The van der Waals surface area contributed by atoms with Crippen molar-refractivity contribution in [2.24, 2.45) is 23.7 Å². The summed E-state index contributed by atoms with van der Waals surface area (Å²) >= 11 is 0. The standard InChI is InChI=1S/C25H36FN2OP/c1-16-6-8-19(9-7-16)28-13-20-21(14-28)22(20)23(29)27-15-25(10-11-25)18-5-3-4-17(12-18)24(2,26)30/h3-5,12,16,19-22H,6-11,13-15,30H2,1-2H3,(H,27,29). The number of fused-ring (bicyclic) bond motifs is 1. The normalized spacial score (nSPS) is 36.6. The lowest BCUT2D eigenvalue weighted by molar-refractivity contribution is -0.123. The molecule has 1 aromatic carbocycles. The predicted molar refractivity (Wildman–Crippen MR) is 122 cm³/mol. The number of hydrogen-bond donors (Lipinski definition) is 1. The highest BCUT2D eigenvalue weighted by molar-refractivity contribution is 7.18. The van der Waals surface area contributed by atoms with Crippen molar-refractivity contribution in [1.82, 2.24) is 10.2 Å². The highest BCUT2D eigenvalue weighted by Crippen LogP contribution is 2.54. The van der Waals surface area contributed by atoms with Gasteiger partial charge in [-0.05, 0) is 74.3 Å². The summed E-state index contributed by atoms with van der Waals surface area (Å²) in [6, 6.07) is 8.63. The number of carbonyl (C=O) groups excluding carboxylic acids is 1. The average Bonchev–Trinajstić information content (AvgIpc) is 3.61. The first-order valence-corrected chi connectivity index (χ1v) is 12.5. The van der Waals surface area contributed by atoms with Crippen LogP contribution >= 0.6 is 9.24 Å². The van der Waals surface area contributed by atoms with E-state index in [1.807, 2.05) is 18.2 Å². The van der Waals surface area contributed by atoms with Crippen LogP contribution in [0.1, 0.15) is 63.5 Å². The lowest BCUT2D eigenvalue weighted by Crippen LogP contribution is -2.40. The second kappa shape index (κ2) is 7.55. The maximum atomic E-state index is 14.3. The first-order chi connectivity index (χ1) is 14.3. The van der Waals surface area contributed by atoms with Crippen LogP contribution in [0.2, 0.25) is 0 Å². The Bertz CT molecular complexity index is 798. The molecule has 4 atom stereocenters. The molecule has 1 saturated heterocycles. The van der Waals surface area contributed by atoms with E-state index in [2.05, 4.69) is 32.4 Å². The number of hydrogen-bond acceptors (Lipinski definition) is 2. The SMILES string of the molecule is CC1CCC(N2CC3C(C2)C3C(=O)NCC2(c3cccc(C(C)(F)P)c3)CC2)CC1. The Labute approximate surface area is 182 Å². The van der Waals surface area contributed by atoms with E-state index in [9.17, 15) is 9.18 Å². The summed E-state index contributed by atoms with van der Waals surface area (Å²) in [5.74, 6) is 2.53. The molecule has 1 heterocycles. The topological polar surface area (TPSA) is 32.3 Å². The van der Waals surface area contributed by atoms with Crippen molar-refractivity contribution in [3.8, 4) is 0 Å². The minimum Gasteiger partial charge on any atom is -0.355 e. The molecule has 0 spiro atoms. The molecule has 3 saturated carbocycles. The molecule has 164 valence electrons. The molecule has 1 N–H and O–H groups in total. The second-order valence-electron chi connectivity index (χ2n) is 10.9. The molecule has 1 aromatic rings. The van der Waals surface area contributed by atoms with Crippen molar-refractivity contribution in [3.05, 3.63) is 35.4 Å². The smallest absolute Gasteiger partial charge is 0.223 e. The van der Waals surface area contributed by atoms with E-state index in [1.54, 1.807) is 6.92 Å². The monoisotopic (exact) mass is 430 g/mol. The van der Waals surface area contributed by atoms with Crippen LogP contribution in [0.3, 0.4) is 0 Å². The quantitative estimate of drug-likeness (QED) is 0.669. The number of halogens is 1.